The van der Waals surface area contributed by atoms with Crippen molar-refractivity contribution in [3.8, 4) is 22.1 Å². The zero-order valence-electron chi connectivity index (χ0n) is 17.8. The first-order chi connectivity index (χ1) is 15.6. The Labute approximate surface area is 189 Å². The first-order valence-electron chi connectivity index (χ1n) is 10.3. The molecule has 2 aromatic carbocycles. The number of carbonyl (C=O) groups is 1. The summed E-state index contributed by atoms with van der Waals surface area (Å²) in [5.74, 6) is 0.642. The van der Waals surface area contributed by atoms with Crippen LogP contribution in [0.1, 0.15) is 22.2 Å². The number of nitrogens with one attached hydrogen (secondary N) is 1. The molecule has 0 bridgehead atoms. The van der Waals surface area contributed by atoms with Crippen LogP contribution in [0.5, 0.6) is 11.5 Å². The Balaban J connectivity index is 1.46. The summed E-state index contributed by atoms with van der Waals surface area (Å²) < 4.78 is 10.7. The van der Waals surface area contributed by atoms with Crippen molar-refractivity contribution in [2.24, 2.45) is 0 Å². The number of H-pyrrole nitrogens is 1. The van der Waals surface area contributed by atoms with Gasteiger partial charge in [0.25, 0.3) is 0 Å². The van der Waals surface area contributed by atoms with Crippen molar-refractivity contribution >= 4 is 28.2 Å². The van der Waals surface area contributed by atoms with E-state index in [2.05, 4.69) is 4.98 Å². The summed E-state index contributed by atoms with van der Waals surface area (Å²) in [6.07, 6.45) is 2.51. The Bertz CT molecular complexity index is 1280. The number of para-hydroxylation sites is 1. The van der Waals surface area contributed by atoms with Crippen LogP contribution in [0.15, 0.2) is 48.7 Å². The second-order valence-electron chi connectivity index (χ2n) is 7.71. The number of carboxylic acid groups (broad SMARTS) is 1. The number of aromatic nitrogens is 2. The predicted octanol–water partition coefficient (Wildman–Crippen LogP) is 4.49. The quantitative estimate of drug-likeness (QED) is 0.451. The first kappa shape index (κ1) is 20.5. The molecule has 7 nitrogen and oxygen atoms in total. The van der Waals surface area contributed by atoms with E-state index in [1.165, 1.54) is 0 Å². The zero-order valence-corrected chi connectivity index (χ0v) is 18.6. The molecule has 0 radical (unpaired) electrons. The highest BCUT2D eigenvalue weighted by molar-refractivity contribution is 7.15. The Hall–Kier alpha value is -3.36. The van der Waals surface area contributed by atoms with Gasteiger partial charge in [0, 0.05) is 47.1 Å². The minimum atomic E-state index is -0.864. The maximum atomic E-state index is 12.4. The lowest BCUT2D eigenvalue weighted by Gasteiger charge is -2.31. The van der Waals surface area contributed by atoms with Gasteiger partial charge in [0.2, 0.25) is 0 Å². The highest BCUT2D eigenvalue weighted by atomic mass is 32.1. The number of benzene rings is 2. The molecule has 0 saturated heterocycles. The molecule has 5 rings (SSSR count). The lowest BCUT2D eigenvalue weighted by molar-refractivity contribution is -0.144. The topological polar surface area (TPSA) is 87.7 Å². The van der Waals surface area contributed by atoms with E-state index in [1.807, 2.05) is 47.4 Å². The normalized spacial score (nSPS) is 14.8. The van der Waals surface area contributed by atoms with Crippen molar-refractivity contribution in [1.29, 1.82) is 0 Å². The smallest absolute Gasteiger partial charge is 0.325 e. The molecule has 4 aromatic rings. The van der Waals surface area contributed by atoms with Crippen LogP contribution in [0.3, 0.4) is 0 Å². The number of ether oxygens (including phenoxy) is 2. The molecule has 1 atom stereocenters. The number of hydrogen-bond acceptors (Lipinski definition) is 6. The van der Waals surface area contributed by atoms with Gasteiger partial charge in [0.1, 0.15) is 22.5 Å². The van der Waals surface area contributed by atoms with Crippen molar-refractivity contribution < 1.29 is 19.4 Å². The van der Waals surface area contributed by atoms with Crippen LogP contribution in [0.2, 0.25) is 0 Å². The van der Waals surface area contributed by atoms with Gasteiger partial charge in [-0.05, 0) is 30.3 Å². The van der Waals surface area contributed by atoms with E-state index in [1.54, 1.807) is 31.8 Å². The van der Waals surface area contributed by atoms with Crippen molar-refractivity contribution in [3.63, 3.8) is 0 Å². The summed E-state index contributed by atoms with van der Waals surface area (Å²) in [6.45, 7) is 1.18. The molecule has 0 unspecified atom stereocenters. The highest BCUT2D eigenvalue weighted by Gasteiger charge is 2.33. The predicted molar refractivity (Wildman–Crippen MR) is 123 cm³/mol. The average Bonchev–Trinajstić information content (AvgIpc) is 3.43. The molecule has 0 amide bonds. The number of aliphatic carboxylic acids is 1. The van der Waals surface area contributed by atoms with Crippen molar-refractivity contribution in [1.82, 2.24) is 14.9 Å². The molecule has 8 heteroatoms. The van der Waals surface area contributed by atoms with Gasteiger partial charge in [-0.1, -0.05) is 12.1 Å². The average molecular weight is 450 g/mol. The van der Waals surface area contributed by atoms with Crippen molar-refractivity contribution in [2.75, 3.05) is 20.8 Å². The van der Waals surface area contributed by atoms with Gasteiger partial charge in [0.05, 0.1) is 25.4 Å². The van der Waals surface area contributed by atoms with Gasteiger partial charge in [-0.15, -0.1) is 11.3 Å². The third-order valence-electron chi connectivity index (χ3n) is 5.92. The highest BCUT2D eigenvalue weighted by Crippen LogP contribution is 2.38. The Morgan fingerprint density at radius 2 is 2.00 bits per heavy atom. The van der Waals surface area contributed by atoms with Gasteiger partial charge in [-0.3, -0.25) is 9.69 Å². The number of nitrogens with zero attached hydrogens (tertiary/aromatic N) is 2. The lowest BCUT2D eigenvalue weighted by atomic mass is 10.0. The number of thiazole rings is 1. The molecule has 1 aliphatic rings. The SMILES string of the molecule is COc1ccc(-c2nc3c(s2)CN([C@@H](C(=O)O)c2c[nH]c4c(OC)cccc24)CC3)cc1. The van der Waals surface area contributed by atoms with E-state index in [9.17, 15) is 9.90 Å². The fourth-order valence-electron chi connectivity index (χ4n) is 4.32. The van der Waals surface area contributed by atoms with Gasteiger partial charge in [-0.2, -0.15) is 0 Å². The fourth-order valence-corrected chi connectivity index (χ4v) is 5.46. The molecule has 32 heavy (non-hydrogen) atoms. The van der Waals surface area contributed by atoms with Gasteiger partial charge >= 0.3 is 5.97 Å². The van der Waals surface area contributed by atoms with Crippen LogP contribution in [0, 0.1) is 0 Å². The molecular weight excluding hydrogens is 426 g/mol. The van der Waals surface area contributed by atoms with Crippen LogP contribution in [0.4, 0.5) is 0 Å². The Morgan fingerprint density at radius 3 is 2.72 bits per heavy atom. The zero-order chi connectivity index (χ0) is 22.2. The second kappa shape index (κ2) is 8.29. The molecule has 2 N–H and O–H groups in total. The van der Waals surface area contributed by atoms with Crippen LogP contribution in [-0.2, 0) is 17.8 Å². The van der Waals surface area contributed by atoms with Gasteiger partial charge < -0.3 is 19.6 Å². The number of rotatable bonds is 6. The van der Waals surface area contributed by atoms with E-state index >= 15 is 0 Å². The summed E-state index contributed by atoms with van der Waals surface area (Å²) in [7, 11) is 3.26. The molecule has 2 aromatic heterocycles. The molecule has 0 aliphatic carbocycles. The monoisotopic (exact) mass is 449 g/mol. The summed E-state index contributed by atoms with van der Waals surface area (Å²) in [5.41, 5.74) is 3.65. The number of hydrogen-bond donors (Lipinski definition) is 2. The number of methoxy groups -OCH3 is 2. The molecule has 1 aliphatic heterocycles. The largest absolute Gasteiger partial charge is 0.497 e. The maximum absolute atomic E-state index is 12.4. The first-order valence-corrected chi connectivity index (χ1v) is 11.1. The van der Waals surface area contributed by atoms with E-state index in [-0.39, 0.29) is 0 Å². The fraction of sp³-hybridized carbons (Fsp3) is 0.250. The molecule has 0 fully saturated rings. The minimum absolute atomic E-state index is 0.552. The standard InChI is InChI=1S/C24H23N3O4S/c1-30-15-8-6-14(7-9-15)23-26-18-10-11-27(13-20(18)32-23)22(24(28)29)17-12-25-21-16(17)4-3-5-19(21)31-2/h3-9,12,22,25H,10-11,13H2,1-2H3,(H,28,29)/t22-/m1/s1. The van der Waals surface area contributed by atoms with Crippen molar-refractivity contribution in [2.45, 2.75) is 19.0 Å². The van der Waals surface area contributed by atoms with Crippen LogP contribution in [-0.4, -0.2) is 46.7 Å². The third kappa shape index (κ3) is 3.51. The van der Waals surface area contributed by atoms with Gasteiger partial charge in [0.15, 0.2) is 0 Å². The summed E-state index contributed by atoms with van der Waals surface area (Å²) in [5, 5.41) is 12.0. The van der Waals surface area contributed by atoms with Crippen LogP contribution in [0.25, 0.3) is 21.5 Å². The number of carboxylic acids is 1. The van der Waals surface area contributed by atoms with E-state index in [0.29, 0.717) is 18.8 Å². The van der Waals surface area contributed by atoms with E-state index in [4.69, 9.17) is 14.5 Å². The summed E-state index contributed by atoms with van der Waals surface area (Å²) >= 11 is 1.63. The second-order valence-corrected chi connectivity index (χ2v) is 8.79. The molecule has 3 heterocycles. The molecule has 0 saturated carbocycles. The van der Waals surface area contributed by atoms with E-state index < -0.39 is 12.0 Å². The maximum Gasteiger partial charge on any atom is 0.325 e. The lowest BCUT2D eigenvalue weighted by Crippen LogP contribution is -2.37. The minimum Gasteiger partial charge on any atom is -0.497 e. The van der Waals surface area contributed by atoms with Gasteiger partial charge in [-0.25, -0.2) is 4.98 Å². The van der Waals surface area contributed by atoms with Crippen LogP contribution >= 0.6 is 11.3 Å². The van der Waals surface area contributed by atoms with Crippen LogP contribution < -0.4 is 9.47 Å². The Morgan fingerprint density at radius 1 is 1.19 bits per heavy atom. The molecule has 164 valence electrons. The summed E-state index contributed by atoms with van der Waals surface area (Å²) in [6, 6.07) is 12.8. The third-order valence-corrected chi connectivity index (χ3v) is 7.05. The van der Waals surface area contributed by atoms with E-state index in [0.717, 1.165) is 49.8 Å². The summed E-state index contributed by atoms with van der Waals surface area (Å²) in [4.78, 5) is 23.5. The molecular formula is C24H23N3O4S. The van der Waals surface area contributed by atoms with Crippen molar-refractivity contribution in [3.05, 3.63) is 64.8 Å². The number of aromatic amines is 1. The molecule has 0 spiro atoms. The Kier molecular flexibility index (Phi) is 5.32. The number of fused-ring (bicyclic) bond motifs is 2.